The van der Waals surface area contributed by atoms with Gasteiger partial charge in [-0.15, -0.1) is 0 Å². The van der Waals surface area contributed by atoms with E-state index in [0.717, 1.165) is 36.6 Å². The largest absolute Gasteiger partial charge is 0.454 e. The van der Waals surface area contributed by atoms with Crippen molar-refractivity contribution in [2.75, 3.05) is 26.1 Å². The maximum atomic E-state index is 10.9. The Labute approximate surface area is 130 Å². The molecule has 0 bridgehead atoms. The molecule has 1 aromatic rings. The Morgan fingerprint density at radius 3 is 2.90 bits per heavy atom. The average molecular weight is 309 g/mol. The lowest BCUT2D eigenvalue weighted by Crippen LogP contribution is -2.32. The van der Waals surface area contributed by atoms with Crippen molar-refractivity contribution in [2.45, 2.75) is 32.7 Å². The summed E-state index contributed by atoms with van der Waals surface area (Å²) >= 11 is 1.41. The molecular formula is C16H23NO3S. The molecule has 1 aromatic carbocycles. The quantitative estimate of drug-likeness (QED) is 0.724. The molecule has 0 N–H and O–H groups in total. The van der Waals surface area contributed by atoms with Gasteiger partial charge >= 0.3 is 0 Å². The van der Waals surface area contributed by atoms with Crippen molar-refractivity contribution in [3.8, 4) is 11.5 Å². The summed E-state index contributed by atoms with van der Waals surface area (Å²) in [5.41, 5.74) is 1.26. The van der Waals surface area contributed by atoms with E-state index in [9.17, 15) is 4.79 Å². The van der Waals surface area contributed by atoms with Crippen molar-refractivity contribution in [3.05, 3.63) is 23.8 Å². The number of benzene rings is 1. The normalized spacial score (nSPS) is 14.5. The van der Waals surface area contributed by atoms with E-state index in [1.165, 1.54) is 17.3 Å². The number of ether oxygens (including phenoxy) is 2. The summed E-state index contributed by atoms with van der Waals surface area (Å²) in [7, 11) is 2.13. The molecule has 0 aliphatic carbocycles. The van der Waals surface area contributed by atoms with Crippen molar-refractivity contribution in [1.82, 2.24) is 4.90 Å². The van der Waals surface area contributed by atoms with E-state index >= 15 is 0 Å². The predicted molar refractivity (Wildman–Crippen MR) is 86.1 cm³/mol. The standard InChI is InChI=1S/C16H23NO3S/c1-12(17(3)7-4-8-21-13(2)18)9-14-5-6-15-16(10-14)20-11-19-15/h5-6,10,12H,4,7-9,11H2,1-3H3. The van der Waals surface area contributed by atoms with Crippen LogP contribution in [-0.4, -0.2) is 42.2 Å². The van der Waals surface area contributed by atoms with Crippen molar-refractivity contribution in [3.63, 3.8) is 0 Å². The van der Waals surface area contributed by atoms with Crippen LogP contribution in [0, 0.1) is 0 Å². The molecule has 1 heterocycles. The third-order valence-corrected chi connectivity index (χ3v) is 4.58. The summed E-state index contributed by atoms with van der Waals surface area (Å²) in [5.74, 6) is 2.58. The molecule has 1 aliphatic heterocycles. The summed E-state index contributed by atoms with van der Waals surface area (Å²) in [5, 5.41) is 0.200. The molecule has 1 unspecified atom stereocenters. The summed E-state index contributed by atoms with van der Waals surface area (Å²) in [6, 6.07) is 6.60. The Morgan fingerprint density at radius 1 is 1.38 bits per heavy atom. The molecule has 0 amide bonds. The number of carbonyl (C=O) groups is 1. The SMILES string of the molecule is CC(=O)SCCCN(C)C(C)Cc1ccc2c(c1)OCO2. The van der Waals surface area contributed by atoms with Crippen molar-refractivity contribution in [1.29, 1.82) is 0 Å². The monoisotopic (exact) mass is 309 g/mol. The Hall–Kier alpha value is -1.20. The highest BCUT2D eigenvalue weighted by atomic mass is 32.2. The number of fused-ring (bicyclic) bond motifs is 1. The molecule has 2 rings (SSSR count). The molecule has 0 fully saturated rings. The maximum Gasteiger partial charge on any atom is 0.231 e. The van der Waals surface area contributed by atoms with Gasteiger partial charge in [0.05, 0.1) is 0 Å². The van der Waals surface area contributed by atoms with Gasteiger partial charge in [0.1, 0.15) is 0 Å². The van der Waals surface area contributed by atoms with Crippen LogP contribution in [0.5, 0.6) is 11.5 Å². The maximum absolute atomic E-state index is 10.9. The van der Waals surface area contributed by atoms with Crippen molar-refractivity contribution < 1.29 is 14.3 Å². The topological polar surface area (TPSA) is 38.8 Å². The zero-order valence-electron chi connectivity index (χ0n) is 12.9. The number of likely N-dealkylation sites (N-methyl/N-ethyl adjacent to an activating group) is 1. The molecular weight excluding hydrogens is 286 g/mol. The molecule has 0 spiro atoms. The molecule has 0 saturated carbocycles. The zero-order valence-corrected chi connectivity index (χ0v) is 13.7. The fourth-order valence-corrected chi connectivity index (χ4v) is 2.88. The predicted octanol–water partition coefficient (Wildman–Crippen LogP) is 2.95. The van der Waals surface area contributed by atoms with E-state index in [1.807, 2.05) is 6.07 Å². The summed E-state index contributed by atoms with van der Waals surface area (Å²) in [6.45, 7) is 5.17. The highest BCUT2D eigenvalue weighted by Crippen LogP contribution is 2.32. The van der Waals surface area contributed by atoms with Crippen LogP contribution in [0.3, 0.4) is 0 Å². The number of hydrogen-bond donors (Lipinski definition) is 0. The van der Waals surface area contributed by atoms with Crippen LogP contribution in [0.25, 0.3) is 0 Å². The number of nitrogens with zero attached hydrogens (tertiary/aromatic N) is 1. The minimum atomic E-state index is 0.200. The lowest BCUT2D eigenvalue weighted by Gasteiger charge is -2.24. The van der Waals surface area contributed by atoms with E-state index < -0.39 is 0 Å². The third kappa shape index (κ3) is 4.93. The molecule has 0 aromatic heterocycles. The van der Waals surface area contributed by atoms with Gasteiger partial charge in [-0.2, -0.15) is 0 Å². The van der Waals surface area contributed by atoms with Crippen LogP contribution in [0.15, 0.2) is 18.2 Å². The van der Waals surface area contributed by atoms with Crippen LogP contribution >= 0.6 is 11.8 Å². The second-order valence-corrected chi connectivity index (χ2v) is 6.69. The average Bonchev–Trinajstić information content (AvgIpc) is 2.90. The first kappa shape index (κ1) is 16.2. The van der Waals surface area contributed by atoms with Gasteiger partial charge in [0, 0.05) is 18.7 Å². The smallest absolute Gasteiger partial charge is 0.231 e. The highest BCUT2D eigenvalue weighted by Gasteiger charge is 2.15. The fraction of sp³-hybridized carbons (Fsp3) is 0.562. The Morgan fingerprint density at radius 2 is 2.14 bits per heavy atom. The third-order valence-electron chi connectivity index (χ3n) is 3.68. The lowest BCUT2D eigenvalue weighted by atomic mass is 10.1. The van der Waals surface area contributed by atoms with E-state index in [2.05, 4.69) is 31.0 Å². The highest BCUT2D eigenvalue weighted by molar-refractivity contribution is 8.13. The minimum Gasteiger partial charge on any atom is -0.454 e. The van der Waals surface area contributed by atoms with Crippen molar-refractivity contribution in [2.24, 2.45) is 0 Å². The summed E-state index contributed by atoms with van der Waals surface area (Å²) in [6.07, 6.45) is 2.01. The van der Waals surface area contributed by atoms with Crippen LogP contribution in [0.1, 0.15) is 25.8 Å². The molecule has 0 radical (unpaired) electrons. The van der Waals surface area contributed by atoms with Crippen LogP contribution < -0.4 is 9.47 Å². The number of thioether (sulfide) groups is 1. The first-order valence-corrected chi connectivity index (χ1v) is 8.27. The molecule has 21 heavy (non-hydrogen) atoms. The Bertz CT molecular complexity index is 492. The number of rotatable bonds is 7. The first-order valence-electron chi connectivity index (χ1n) is 7.28. The summed E-state index contributed by atoms with van der Waals surface area (Å²) in [4.78, 5) is 13.2. The van der Waals surface area contributed by atoms with E-state index in [-0.39, 0.29) is 5.12 Å². The van der Waals surface area contributed by atoms with Gasteiger partial charge in [-0.3, -0.25) is 4.79 Å². The van der Waals surface area contributed by atoms with Gasteiger partial charge in [-0.1, -0.05) is 17.8 Å². The molecule has 4 nitrogen and oxygen atoms in total. The second kappa shape index (κ2) is 7.71. The molecule has 116 valence electrons. The minimum absolute atomic E-state index is 0.200. The van der Waals surface area contributed by atoms with Crippen LogP contribution in [0.2, 0.25) is 0 Å². The van der Waals surface area contributed by atoms with Gasteiger partial charge in [-0.25, -0.2) is 0 Å². The molecule has 0 saturated heterocycles. The molecule has 1 aliphatic rings. The van der Waals surface area contributed by atoms with Gasteiger partial charge in [0.15, 0.2) is 16.6 Å². The fourth-order valence-electron chi connectivity index (χ4n) is 2.32. The Balaban J connectivity index is 1.77. The lowest BCUT2D eigenvalue weighted by molar-refractivity contribution is -0.109. The first-order chi connectivity index (χ1) is 10.1. The second-order valence-electron chi connectivity index (χ2n) is 5.41. The zero-order chi connectivity index (χ0) is 15.2. The van der Waals surface area contributed by atoms with Gasteiger partial charge in [0.2, 0.25) is 6.79 Å². The van der Waals surface area contributed by atoms with Crippen molar-refractivity contribution >= 4 is 16.9 Å². The van der Waals surface area contributed by atoms with Gasteiger partial charge in [0.25, 0.3) is 0 Å². The summed E-state index contributed by atoms with van der Waals surface area (Å²) < 4.78 is 10.7. The number of carbonyl (C=O) groups excluding carboxylic acids is 1. The van der Waals surface area contributed by atoms with Crippen LogP contribution in [0.4, 0.5) is 0 Å². The Kier molecular flexibility index (Phi) is 5.94. The molecule has 5 heteroatoms. The number of hydrogen-bond acceptors (Lipinski definition) is 5. The van der Waals surface area contributed by atoms with Crippen LogP contribution in [-0.2, 0) is 11.2 Å². The van der Waals surface area contributed by atoms with Gasteiger partial charge < -0.3 is 14.4 Å². The van der Waals surface area contributed by atoms with E-state index in [1.54, 1.807) is 6.92 Å². The van der Waals surface area contributed by atoms with Gasteiger partial charge in [-0.05, 0) is 51.1 Å². The van der Waals surface area contributed by atoms with E-state index in [4.69, 9.17) is 9.47 Å². The molecule has 1 atom stereocenters. The van der Waals surface area contributed by atoms with E-state index in [0.29, 0.717) is 12.8 Å².